The zero-order valence-electron chi connectivity index (χ0n) is 16.7. The van der Waals surface area contributed by atoms with Crippen LogP contribution >= 0.6 is 23.5 Å². The molecule has 7 heteroatoms. The van der Waals surface area contributed by atoms with Crippen molar-refractivity contribution >= 4 is 35.5 Å². The van der Waals surface area contributed by atoms with E-state index in [-0.39, 0.29) is 11.9 Å². The van der Waals surface area contributed by atoms with Crippen molar-refractivity contribution in [2.75, 3.05) is 14.2 Å². The molecule has 1 aromatic heterocycles. The summed E-state index contributed by atoms with van der Waals surface area (Å²) < 4.78 is 9.71. The number of hydrogen-bond donors (Lipinski definition) is 0. The maximum absolute atomic E-state index is 11.9. The second-order valence-electron chi connectivity index (χ2n) is 6.17. The van der Waals surface area contributed by atoms with Gasteiger partial charge in [0.1, 0.15) is 0 Å². The Hall–Kier alpha value is -2.77. The van der Waals surface area contributed by atoms with Crippen LogP contribution in [-0.2, 0) is 21.0 Å². The van der Waals surface area contributed by atoms with Crippen molar-refractivity contribution in [1.82, 2.24) is 4.98 Å². The molecular formula is C23H21NO4S2. The number of aromatic nitrogens is 1. The first-order valence-corrected chi connectivity index (χ1v) is 11.1. The largest absolute Gasteiger partial charge is 0.465 e. The summed E-state index contributed by atoms with van der Waals surface area (Å²) in [5.74, 6) is 0.567. The molecule has 1 heterocycles. The molecule has 30 heavy (non-hydrogen) atoms. The van der Waals surface area contributed by atoms with Gasteiger partial charge >= 0.3 is 11.9 Å². The van der Waals surface area contributed by atoms with E-state index in [1.807, 2.05) is 54.6 Å². The van der Waals surface area contributed by atoms with Gasteiger partial charge in [0.05, 0.1) is 36.7 Å². The lowest BCUT2D eigenvalue weighted by atomic mass is 10.2. The van der Waals surface area contributed by atoms with E-state index >= 15 is 0 Å². The Kier molecular flexibility index (Phi) is 7.93. The summed E-state index contributed by atoms with van der Waals surface area (Å²) in [5, 5.41) is 0. The van der Waals surface area contributed by atoms with Crippen molar-refractivity contribution in [3.05, 3.63) is 89.2 Å². The van der Waals surface area contributed by atoms with Crippen molar-refractivity contribution in [3.8, 4) is 0 Å². The van der Waals surface area contributed by atoms with E-state index in [9.17, 15) is 9.59 Å². The molecule has 0 radical (unpaired) electrons. The van der Waals surface area contributed by atoms with Crippen molar-refractivity contribution < 1.29 is 19.1 Å². The molecule has 0 amide bonds. The topological polar surface area (TPSA) is 65.5 Å². The van der Waals surface area contributed by atoms with Gasteiger partial charge in [0.25, 0.3) is 0 Å². The van der Waals surface area contributed by atoms with Crippen molar-refractivity contribution in [2.45, 2.75) is 21.3 Å². The molecule has 3 rings (SSSR count). The van der Waals surface area contributed by atoms with E-state index in [0.717, 1.165) is 21.2 Å². The highest BCUT2D eigenvalue weighted by atomic mass is 32.2. The Balaban J connectivity index is 1.67. The first kappa shape index (κ1) is 21.9. The van der Waals surface area contributed by atoms with Gasteiger partial charge in [-0.3, -0.25) is 4.98 Å². The number of pyridine rings is 1. The quantitative estimate of drug-likeness (QED) is 0.351. The molecule has 0 unspecified atom stereocenters. The maximum Gasteiger partial charge on any atom is 0.338 e. The fraction of sp³-hybridized carbons (Fsp3) is 0.174. The minimum Gasteiger partial charge on any atom is -0.465 e. The highest BCUT2D eigenvalue weighted by molar-refractivity contribution is 7.98. The van der Waals surface area contributed by atoms with E-state index < -0.39 is 0 Å². The lowest BCUT2D eigenvalue weighted by Crippen LogP contribution is -2.03. The van der Waals surface area contributed by atoms with Crippen LogP contribution in [0.2, 0.25) is 0 Å². The number of benzene rings is 2. The van der Waals surface area contributed by atoms with Crippen LogP contribution < -0.4 is 0 Å². The number of carbonyl (C=O) groups excluding carboxylic acids is 2. The first-order valence-electron chi connectivity index (χ1n) is 9.17. The van der Waals surface area contributed by atoms with Crippen LogP contribution in [0.25, 0.3) is 0 Å². The minimum absolute atomic E-state index is 0.347. The average Bonchev–Trinajstić information content (AvgIpc) is 2.81. The fourth-order valence-corrected chi connectivity index (χ4v) is 4.63. The zero-order chi connectivity index (χ0) is 21.3. The Morgan fingerprint density at radius 2 is 1.13 bits per heavy atom. The monoisotopic (exact) mass is 439 g/mol. The van der Waals surface area contributed by atoms with E-state index in [2.05, 4.69) is 0 Å². The van der Waals surface area contributed by atoms with Crippen LogP contribution in [0.5, 0.6) is 0 Å². The summed E-state index contributed by atoms with van der Waals surface area (Å²) in [6, 6.07) is 20.6. The van der Waals surface area contributed by atoms with Crippen LogP contribution in [-0.4, -0.2) is 31.1 Å². The smallest absolute Gasteiger partial charge is 0.338 e. The maximum atomic E-state index is 11.9. The van der Waals surface area contributed by atoms with Gasteiger partial charge in [-0.1, -0.05) is 30.3 Å². The van der Waals surface area contributed by atoms with E-state index in [1.54, 1.807) is 35.7 Å². The third-order valence-corrected chi connectivity index (χ3v) is 6.41. The van der Waals surface area contributed by atoms with Crippen LogP contribution in [0, 0.1) is 0 Å². The van der Waals surface area contributed by atoms with Gasteiger partial charge in [0.15, 0.2) is 0 Å². The van der Waals surface area contributed by atoms with Gasteiger partial charge in [0.2, 0.25) is 0 Å². The van der Waals surface area contributed by atoms with Gasteiger partial charge in [-0.15, -0.1) is 23.5 Å². The molecule has 0 N–H and O–H groups in total. The molecule has 5 nitrogen and oxygen atoms in total. The SMILES string of the molecule is COC(=O)c1ccccc1SCc1cccc(CSc2ccccc2C(=O)OC)n1. The molecule has 0 saturated carbocycles. The van der Waals surface area contributed by atoms with Crippen LogP contribution in [0.1, 0.15) is 32.1 Å². The summed E-state index contributed by atoms with van der Waals surface area (Å²) in [6.45, 7) is 0. The summed E-state index contributed by atoms with van der Waals surface area (Å²) in [5.41, 5.74) is 2.94. The minimum atomic E-state index is -0.347. The zero-order valence-corrected chi connectivity index (χ0v) is 18.3. The van der Waals surface area contributed by atoms with E-state index in [4.69, 9.17) is 14.5 Å². The molecule has 0 saturated heterocycles. The van der Waals surface area contributed by atoms with E-state index in [0.29, 0.717) is 22.6 Å². The highest BCUT2D eigenvalue weighted by Gasteiger charge is 2.13. The Bertz CT molecular complexity index is 960. The number of esters is 2. The second kappa shape index (κ2) is 10.8. The predicted molar refractivity (Wildman–Crippen MR) is 119 cm³/mol. The molecule has 0 spiro atoms. The molecule has 0 aliphatic carbocycles. The molecule has 0 bridgehead atoms. The number of rotatable bonds is 8. The number of nitrogens with zero attached hydrogens (tertiary/aromatic N) is 1. The van der Waals surface area contributed by atoms with E-state index in [1.165, 1.54) is 14.2 Å². The molecule has 2 aromatic carbocycles. The van der Waals surface area contributed by atoms with Crippen LogP contribution in [0.4, 0.5) is 0 Å². The van der Waals surface area contributed by atoms with Gasteiger partial charge in [-0.2, -0.15) is 0 Å². The Morgan fingerprint density at radius 3 is 1.57 bits per heavy atom. The fourth-order valence-electron chi connectivity index (χ4n) is 2.74. The molecule has 0 atom stereocenters. The third kappa shape index (κ3) is 5.64. The number of carbonyl (C=O) groups is 2. The molecule has 0 fully saturated rings. The van der Waals surface area contributed by atoms with Gasteiger partial charge < -0.3 is 9.47 Å². The second-order valence-corrected chi connectivity index (χ2v) is 8.21. The van der Waals surface area contributed by atoms with Crippen LogP contribution in [0.15, 0.2) is 76.5 Å². The number of thioether (sulfide) groups is 2. The third-order valence-electron chi connectivity index (χ3n) is 4.20. The Morgan fingerprint density at radius 1 is 0.700 bits per heavy atom. The lowest BCUT2D eigenvalue weighted by Gasteiger charge is -2.09. The summed E-state index contributed by atoms with van der Waals surface area (Å²) in [7, 11) is 2.76. The number of ether oxygens (including phenoxy) is 2. The molecule has 0 aliphatic rings. The summed E-state index contributed by atoms with van der Waals surface area (Å²) in [4.78, 5) is 30.3. The predicted octanol–water partition coefficient (Wildman–Crippen LogP) is 5.24. The van der Waals surface area contributed by atoms with Crippen molar-refractivity contribution in [3.63, 3.8) is 0 Å². The molecular weight excluding hydrogens is 418 g/mol. The molecule has 0 aliphatic heterocycles. The summed E-state index contributed by atoms with van der Waals surface area (Å²) in [6.07, 6.45) is 0. The van der Waals surface area contributed by atoms with Crippen molar-refractivity contribution in [2.24, 2.45) is 0 Å². The summed E-state index contributed by atoms with van der Waals surface area (Å²) >= 11 is 3.09. The van der Waals surface area contributed by atoms with Gasteiger partial charge in [-0.05, 0) is 36.4 Å². The standard InChI is InChI=1S/C23H21NO4S2/c1-27-22(25)18-10-3-5-12-20(18)29-14-16-8-7-9-17(24-16)15-30-21-13-6-4-11-19(21)23(26)28-2/h3-13H,14-15H2,1-2H3. The Labute approximate surface area is 184 Å². The first-order chi connectivity index (χ1) is 14.6. The van der Waals surface area contributed by atoms with Crippen LogP contribution in [0.3, 0.4) is 0 Å². The van der Waals surface area contributed by atoms with Crippen molar-refractivity contribution in [1.29, 1.82) is 0 Å². The normalized spacial score (nSPS) is 10.5. The highest BCUT2D eigenvalue weighted by Crippen LogP contribution is 2.28. The van der Waals surface area contributed by atoms with Gasteiger partial charge in [0, 0.05) is 21.3 Å². The molecule has 154 valence electrons. The van der Waals surface area contributed by atoms with Gasteiger partial charge in [-0.25, -0.2) is 9.59 Å². The lowest BCUT2D eigenvalue weighted by molar-refractivity contribution is 0.0588. The average molecular weight is 440 g/mol. The molecule has 3 aromatic rings. The number of methoxy groups -OCH3 is 2. The number of hydrogen-bond acceptors (Lipinski definition) is 7.